The van der Waals surface area contributed by atoms with Crippen molar-refractivity contribution in [1.82, 2.24) is 14.9 Å². The van der Waals surface area contributed by atoms with Crippen molar-refractivity contribution in [2.45, 2.75) is 13.0 Å². The number of ether oxygens (including phenoxy) is 1. The average Bonchev–Trinajstić information content (AvgIpc) is 3.02. The van der Waals surface area contributed by atoms with Gasteiger partial charge in [-0.15, -0.1) is 11.3 Å². The first kappa shape index (κ1) is 14.0. The lowest BCUT2D eigenvalue weighted by atomic mass is 10.3. The minimum Gasteiger partial charge on any atom is -0.367 e. The van der Waals surface area contributed by atoms with E-state index in [0.717, 1.165) is 10.7 Å². The summed E-state index contributed by atoms with van der Waals surface area (Å²) in [5.41, 5.74) is 0.871. The lowest BCUT2D eigenvalue weighted by Gasteiger charge is -2.31. The third kappa shape index (κ3) is 3.37. The highest BCUT2D eigenvalue weighted by Crippen LogP contribution is 2.24. The molecule has 2 amide bonds. The highest BCUT2D eigenvalue weighted by molar-refractivity contribution is 7.09. The number of pyridine rings is 1. The van der Waals surface area contributed by atoms with Gasteiger partial charge < -0.3 is 9.64 Å². The zero-order chi connectivity index (χ0) is 14.7. The SMILES string of the molecule is Cc1cccc(NC(=O)N2CCOC(c3nccs3)C2)n1. The van der Waals surface area contributed by atoms with Gasteiger partial charge in [-0.05, 0) is 19.1 Å². The number of carbonyl (C=O) groups excluding carboxylic acids is 1. The van der Waals surface area contributed by atoms with Crippen LogP contribution >= 0.6 is 11.3 Å². The van der Waals surface area contributed by atoms with E-state index in [4.69, 9.17) is 4.74 Å². The number of hydrogen-bond acceptors (Lipinski definition) is 5. The van der Waals surface area contributed by atoms with Crippen molar-refractivity contribution < 1.29 is 9.53 Å². The quantitative estimate of drug-likeness (QED) is 0.925. The van der Waals surface area contributed by atoms with Crippen LogP contribution in [0.4, 0.5) is 10.6 Å². The predicted molar refractivity (Wildman–Crippen MR) is 80.4 cm³/mol. The molecule has 1 aliphatic heterocycles. The third-order valence-electron chi connectivity index (χ3n) is 3.20. The van der Waals surface area contributed by atoms with Crippen molar-refractivity contribution in [3.05, 3.63) is 40.5 Å². The van der Waals surface area contributed by atoms with Crippen LogP contribution in [0.25, 0.3) is 0 Å². The van der Waals surface area contributed by atoms with E-state index < -0.39 is 0 Å². The molecule has 21 heavy (non-hydrogen) atoms. The Morgan fingerprint density at radius 2 is 2.43 bits per heavy atom. The van der Waals surface area contributed by atoms with E-state index in [2.05, 4.69) is 15.3 Å². The van der Waals surface area contributed by atoms with Crippen LogP contribution in [0.5, 0.6) is 0 Å². The van der Waals surface area contributed by atoms with Crippen LogP contribution in [0.3, 0.4) is 0 Å². The number of urea groups is 1. The van der Waals surface area contributed by atoms with Crippen LogP contribution in [-0.4, -0.2) is 40.6 Å². The van der Waals surface area contributed by atoms with Gasteiger partial charge in [-0.1, -0.05) is 6.07 Å². The summed E-state index contributed by atoms with van der Waals surface area (Å²) < 4.78 is 5.68. The minimum atomic E-state index is -0.155. The first-order valence-electron chi connectivity index (χ1n) is 6.73. The summed E-state index contributed by atoms with van der Waals surface area (Å²) in [6, 6.07) is 5.39. The van der Waals surface area contributed by atoms with Gasteiger partial charge in [0.05, 0.1) is 13.2 Å². The number of nitrogens with zero attached hydrogens (tertiary/aromatic N) is 3. The Morgan fingerprint density at radius 1 is 1.52 bits per heavy atom. The van der Waals surface area contributed by atoms with Gasteiger partial charge in [-0.3, -0.25) is 5.32 Å². The Bertz CT molecular complexity index is 617. The summed E-state index contributed by atoms with van der Waals surface area (Å²) in [4.78, 5) is 22.6. The lowest BCUT2D eigenvalue weighted by molar-refractivity contribution is -0.0136. The largest absolute Gasteiger partial charge is 0.367 e. The van der Waals surface area contributed by atoms with Crippen molar-refractivity contribution in [3.63, 3.8) is 0 Å². The van der Waals surface area contributed by atoms with Crippen molar-refractivity contribution in [1.29, 1.82) is 0 Å². The van der Waals surface area contributed by atoms with Gasteiger partial charge in [0.25, 0.3) is 0 Å². The van der Waals surface area contributed by atoms with Gasteiger partial charge >= 0.3 is 6.03 Å². The number of thiazole rings is 1. The summed E-state index contributed by atoms with van der Waals surface area (Å²) in [5.74, 6) is 0.567. The first-order chi connectivity index (χ1) is 10.2. The zero-order valence-electron chi connectivity index (χ0n) is 11.7. The van der Waals surface area contributed by atoms with E-state index in [1.165, 1.54) is 0 Å². The molecule has 110 valence electrons. The molecule has 0 spiro atoms. The fourth-order valence-corrected chi connectivity index (χ4v) is 2.86. The highest BCUT2D eigenvalue weighted by atomic mass is 32.1. The van der Waals surface area contributed by atoms with E-state index in [-0.39, 0.29) is 12.1 Å². The molecule has 0 saturated carbocycles. The molecule has 7 heteroatoms. The summed E-state index contributed by atoms with van der Waals surface area (Å²) in [5, 5.41) is 5.64. The second-order valence-corrected chi connectivity index (χ2v) is 5.70. The number of morpholine rings is 1. The Kier molecular flexibility index (Phi) is 4.12. The van der Waals surface area contributed by atoms with Crippen molar-refractivity contribution in [2.24, 2.45) is 0 Å². The molecule has 1 aliphatic rings. The highest BCUT2D eigenvalue weighted by Gasteiger charge is 2.27. The fraction of sp³-hybridized carbons (Fsp3) is 0.357. The smallest absolute Gasteiger partial charge is 0.323 e. The molecule has 2 aromatic rings. The molecule has 0 radical (unpaired) electrons. The maximum absolute atomic E-state index is 12.3. The average molecular weight is 304 g/mol. The van der Waals surface area contributed by atoms with Crippen molar-refractivity contribution in [3.8, 4) is 0 Å². The third-order valence-corrected chi connectivity index (χ3v) is 4.07. The standard InChI is InChI=1S/C14H16N4O2S/c1-10-3-2-4-12(16-10)17-14(19)18-6-7-20-11(9-18)13-15-5-8-21-13/h2-5,8,11H,6-7,9H2,1H3,(H,16,17,19). The van der Waals surface area contributed by atoms with Gasteiger partial charge in [-0.25, -0.2) is 14.8 Å². The van der Waals surface area contributed by atoms with Gasteiger partial charge in [0, 0.05) is 23.8 Å². The van der Waals surface area contributed by atoms with E-state index in [1.807, 2.05) is 24.4 Å². The minimum absolute atomic E-state index is 0.144. The molecule has 1 saturated heterocycles. The van der Waals surface area contributed by atoms with E-state index in [1.54, 1.807) is 28.5 Å². The summed E-state index contributed by atoms with van der Waals surface area (Å²) in [6.07, 6.45) is 1.61. The monoisotopic (exact) mass is 304 g/mol. The predicted octanol–water partition coefficient (Wildman–Crippen LogP) is 2.45. The summed E-state index contributed by atoms with van der Waals surface area (Å²) in [7, 11) is 0. The molecule has 3 heterocycles. The van der Waals surface area contributed by atoms with Crippen LogP contribution in [0.15, 0.2) is 29.8 Å². The zero-order valence-corrected chi connectivity index (χ0v) is 12.5. The maximum Gasteiger partial charge on any atom is 0.323 e. The topological polar surface area (TPSA) is 67.4 Å². The molecule has 1 fully saturated rings. The molecular weight excluding hydrogens is 288 g/mol. The molecule has 2 aromatic heterocycles. The van der Waals surface area contributed by atoms with Crippen LogP contribution < -0.4 is 5.32 Å². The Morgan fingerprint density at radius 3 is 3.19 bits per heavy atom. The van der Waals surface area contributed by atoms with Crippen molar-refractivity contribution in [2.75, 3.05) is 25.0 Å². The van der Waals surface area contributed by atoms with E-state index >= 15 is 0 Å². The number of nitrogens with one attached hydrogen (secondary N) is 1. The Labute approximate surface area is 126 Å². The van der Waals surface area contributed by atoms with Gasteiger partial charge in [-0.2, -0.15) is 0 Å². The molecule has 1 atom stereocenters. The molecule has 0 aliphatic carbocycles. The summed E-state index contributed by atoms with van der Waals surface area (Å²) >= 11 is 1.54. The molecule has 1 N–H and O–H groups in total. The van der Waals surface area contributed by atoms with Gasteiger partial charge in [0.2, 0.25) is 0 Å². The Hall–Kier alpha value is -1.99. The number of aromatic nitrogens is 2. The molecule has 0 aromatic carbocycles. The van der Waals surface area contributed by atoms with Crippen LogP contribution in [0.1, 0.15) is 16.8 Å². The van der Waals surface area contributed by atoms with Crippen LogP contribution in [0, 0.1) is 6.92 Å². The van der Waals surface area contributed by atoms with E-state index in [0.29, 0.717) is 25.5 Å². The van der Waals surface area contributed by atoms with Crippen LogP contribution in [0.2, 0.25) is 0 Å². The molecular formula is C14H16N4O2S. The Balaban J connectivity index is 1.64. The number of hydrogen-bond donors (Lipinski definition) is 1. The first-order valence-corrected chi connectivity index (χ1v) is 7.61. The van der Waals surface area contributed by atoms with Gasteiger partial charge in [0.1, 0.15) is 16.9 Å². The number of rotatable bonds is 2. The number of carbonyl (C=O) groups is 1. The number of amides is 2. The van der Waals surface area contributed by atoms with Gasteiger partial charge in [0.15, 0.2) is 0 Å². The fourth-order valence-electron chi connectivity index (χ4n) is 2.18. The second kappa shape index (κ2) is 6.19. The van der Waals surface area contributed by atoms with E-state index in [9.17, 15) is 4.79 Å². The van der Waals surface area contributed by atoms with Crippen molar-refractivity contribution >= 4 is 23.2 Å². The molecule has 0 bridgehead atoms. The summed E-state index contributed by atoms with van der Waals surface area (Å²) in [6.45, 7) is 3.48. The van der Waals surface area contributed by atoms with Crippen LogP contribution in [-0.2, 0) is 4.74 Å². The molecule has 3 rings (SSSR count). The lowest BCUT2D eigenvalue weighted by Crippen LogP contribution is -2.44. The normalized spacial score (nSPS) is 18.5. The second-order valence-electron chi connectivity index (χ2n) is 4.77. The number of aryl methyl sites for hydroxylation is 1. The number of anilines is 1. The maximum atomic E-state index is 12.3. The molecule has 1 unspecified atom stereocenters. The molecule has 6 nitrogen and oxygen atoms in total.